The first-order valence-corrected chi connectivity index (χ1v) is 9.12. The quantitative estimate of drug-likeness (QED) is 0.407. The van der Waals surface area contributed by atoms with Crippen LogP contribution in [0.4, 0.5) is 0 Å². The predicted molar refractivity (Wildman–Crippen MR) is 110 cm³/mol. The second-order valence-electron chi connectivity index (χ2n) is 5.75. The third-order valence-electron chi connectivity index (χ3n) is 3.93. The normalized spacial score (nSPS) is 13.7. The van der Waals surface area contributed by atoms with Gasteiger partial charge in [-0.25, -0.2) is 0 Å². The molecule has 0 heterocycles. The van der Waals surface area contributed by atoms with E-state index in [2.05, 4.69) is 10.3 Å². The van der Waals surface area contributed by atoms with Gasteiger partial charge in [-0.15, -0.1) is 12.4 Å². The van der Waals surface area contributed by atoms with Gasteiger partial charge in [0.25, 0.3) is 0 Å². The van der Waals surface area contributed by atoms with E-state index in [-0.39, 0.29) is 25.6 Å². The highest BCUT2D eigenvalue weighted by Crippen LogP contribution is 2.39. The van der Waals surface area contributed by atoms with Gasteiger partial charge in [0.05, 0.1) is 19.3 Å². The van der Waals surface area contributed by atoms with Gasteiger partial charge in [-0.05, 0) is 30.5 Å². The van der Waals surface area contributed by atoms with Crippen LogP contribution >= 0.6 is 47.2 Å². The van der Waals surface area contributed by atoms with Gasteiger partial charge in [0.15, 0.2) is 0 Å². The standard InChI is InChI=1S/C17H25Cl3N2O2.ClH/c1-3-9-21-15(17(18,19)20)14-7-5-13(6-8-14)10-22-16(4-2,11-23)12-24;/h5-8,10,15,21,23-24H,3-4,9,11-12H2,1-2H3;1H. The topological polar surface area (TPSA) is 64.9 Å². The largest absolute Gasteiger partial charge is 0.394 e. The lowest BCUT2D eigenvalue weighted by atomic mass is 9.99. The zero-order chi connectivity index (χ0) is 18.2. The van der Waals surface area contributed by atoms with Crippen LogP contribution in [-0.2, 0) is 0 Å². The maximum atomic E-state index is 9.42. The summed E-state index contributed by atoms with van der Waals surface area (Å²) in [6, 6.07) is 7.08. The fourth-order valence-electron chi connectivity index (χ4n) is 2.14. The third kappa shape index (κ3) is 7.59. The number of nitrogens with one attached hydrogen (secondary N) is 1. The molecular weight excluding hydrogens is 406 g/mol. The van der Waals surface area contributed by atoms with E-state index in [4.69, 9.17) is 34.8 Å². The van der Waals surface area contributed by atoms with Crippen LogP contribution in [0.15, 0.2) is 29.3 Å². The molecule has 25 heavy (non-hydrogen) atoms. The summed E-state index contributed by atoms with van der Waals surface area (Å²) in [5, 5.41) is 22.1. The lowest BCUT2D eigenvalue weighted by Gasteiger charge is -2.26. The Balaban J connectivity index is 0.00000576. The molecule has 0 bridgehead atoms. The number of aliphatic hydroxyl groups is 2. The van der Waals surface area contributed by atoms with E-state index < -0.39 is 15.4 Å². The molecule has 1 aromatic carbocycles. The number of aliphatic imine (C=N–C) groups is 1. The molecule has 1 atom stereocenters. The molecular formula is C17H26Cl4N2O2. The molecule has 0 amide bonds. The van der Waals surface area contributed by atoms with Gasteiger partial charge in [0, 0.05) is 6.21 Å². The van der Waals surface area contributed by atoms with Crippen molar-refractivity contribution in [2.75, 3.05) is 19.8 Å². The SMILES string of the molecule is CCCNC(c1ccc(C=NC(CC)(CO)CO)cc1)C(Cl)(Cl)Cl.Cl. The Morgan fingerprint density at radius 1 is 1.12 bits per heavy atom. The third-order valence-corrected chi connectivity index (χ3v) is 4.58. The second kappa shape index (κ2) is 11.6. The molecule has 0 saturated carbocycles. The van der Waals surface area contributed by atoms with E-state index in [9.17, 15) is 10.2 Å². The maximum Gasteiger partial charge on any atom is 0.209 e. The van der Waals surface area contributed by atoms with Crippen molar-refractivity contribution >= 4 is 53.4 Å². The molecule has 1 aromatic rings. The Bertz CT molecular complexity index is 506. The summed E-state index contributed by atoms with van der Waals surface area (Å²) in [7, 11) is 0. The van der Waals surface area contributed by atoms with Crippen molar-refractivity contribution in [3.8, 4) is 0 Å². The van der Waals surface area contributed by atoms with E-state index in [0.29, 0.717) is 6.42 Å². The summed E-state index contributed by atoms with van der Waals surface area (Å²) in [5.41, 5.74) is 0.866. The number of rotatable bonds is 9. The van der Waals surface area contributed by atoms with Crippen LogP contribution in [0.2, 0.25) is 0 Å². The van der Waals surface area contributed by atoms with Gasteiger partial charge >= 0.3 is 0 Å². The molecule has 0 spiro atoms. The zero-order valence-corrected chi connectivity index (χ0v) is 17.5. The Morgan fingerprint density at radius 2 is 1.68 bits per heavy atom. The molecule has 1 rings (SSSR count). The first-order valence-electron chi connectivity index (χ1n) is 7.99. The molecule has 0 aromatic heterocycles. The van der Waals surface area contributed by atoms with E-state index in [1.807, 2.05) is 38.1 Å². The fourth-order valence-corrected chi connectivity index (χ4v) is 2.75. The molecule has 1 unspecified atom stereocenters. The Hall–Kier alpha value is -0.0700. The van der Waals surface area contributed by atoms with Crippen molar-refractivity contribution in [2.24, 2.45) is 4.99 Å². The lowest BCUT2D eigenvalue weighted by Crippen LogP contribution is -2.35. The molecule has 4 nitrogen and oxygen atoms in total. The number of halogens is 4. The first-order chi connectivity index (χ1) is 11.3. The highest BCUT2D eigenvalue weighted by atomic mass is 35.6. The minimum Gasteiger partial charge on any atom is -0.394 e. The first kappa shape index (κ1) is 24.9. The average molecular weight is 432 g/mol. The molecule has 0 radical (unpaired) electrons. The van der Waals surface area contributed by atoms with Crippen LogP contribution in [0.5, 0.6) is 0 Å². The van der Waals surface area contributed by atoms with E-state index in [1.54, 1.807) is 6.21 Å². The Morgan fingerprint density at radius 3 is 2.08 bits per heavy atom. The molecule has 3 N–H and O–H groups in total. The Labute approximate surface area is 171 Å². The maximum absolute atomic E-state index is 9.42. The van der Waals surface area contributed by atoms with Gasteiger partial charge in [-0.2, -0.15) is 0 Å². The fraction of sp³-hybridized carbons (Fsp3) is 0.588. The van der Waals surface area contributed by atoms with Crippen molar-refractivity contribution in [2.45, 2.75) is 42.1 Å². The van der Waals surface area contributed by atoms with Crippen LogP contribution in [-0.4, -0.2) is 45.5 Å². The minimum absolute atomic E-state index is 0. The number of alkyl halides is 3. The molecule has 0 aliphatic heterocycles. The zero-order valence-electron chi connectivity index (χ0n) is 14.4. The highest BCUT2D eigenvalue weighted by molar-refractivity contribution is 6.68. The Kier molecular flexibility index (Phi) is 11.6. The van der Waals surface area contributed by atoms with Crippen molar-refractivity contribution in [3.63, 3.8) is 0 Å². The van der Waals surface area contributed by atoms with Crippen LogP contribution in [0.1, 0.15) is 43.9 Å². The van der Waals surface area contributed by atoms with Crippen LogP contribution in [0.25, 0.3) is 0 Å². The number of benzene rings is 1. The smallest absolute Gasteiger partial charge is 0.209 e. The van der Waals surface area contributed by atoms with Crippen LogP contribution in [0, 0.1) is 0 Å². The van der Waals surface area contributed by atoms with Crippen LogP contribution in [0.3, 0.4) is 0 Å². The van der Waals surface area contributed by atoms with Crippen molar-refractivity contribution in [1.82, 2.24) is 5.32 Å². The monoisotopic (exact) mass is 430 g/mol. The molecule has 0 fully saturated rings. The van der Waals surface area contributed by atoms with Gasteiger partial charge in [0.1, 0.15) is 5.54 Å². The van der Waals surface area contributed by atoms with Crippen molar-refractivity contribution in [1.29, 1.82) is 0 Å². The van der Waals surface area contributed by atoms with Gasteiger partial charge < -0.3 is 15.5 Å². The van der Waals surface area contributed by atoms with Gasteiger partial charge in [0.2, 0.25) is 3.79 Å². The minimum atomic E-state index is -1.45. The molecule has 0 aliphatic rings. The van der Waals surface area contributed by atoms with Crippen molar-refractivity contribution in [3.05, 3.63) is 35.4 Å². The van der Waals surface area contributed by atoms with Gasteiger partial charge in [-0.1, -0.05) is 72.9 Å². The molecule has 0 aliphatic carbocycles. The summed E-state index contributed by atoms with van der Waals surface area (Å²) in [5.74, 6) is 0. The number of hydrogen-bond donors (Lipinski definition) is 3. The summed E-state index contributed by atoms with van der Waals surface area (Å²) < 4.78 is -1.45. The van der Waals surface area contributed by atoms with Gasteiger partial charge in [-0.3, -0.25) is 4.99 Å². The lowest BCUT2D eigenvalue weighted by molar-refractivity contribution is 0.120. The predicted octanol–water partition coefficient (Wildman–Crippen LogP) is 4.07. The van der Waals surface area contributed by atoms with E-state index in [0.717, 1.165) is 24.1 Å². The number of aliphatic hydroxyl groups excluding tert-OH is 2. The second-order valence-corrected chi connectivity index (χ2v) is 8.12. The summed E-state index contributed by atoms with van der Waals surface area (Å²) in [6.45, 7) is 4.26. The highest BCUT2D eigenvalue weighted by Gasteiger charge is 2.33. The van der Waals surface area contributed by atoms with E-state index >= 15 is 0 Å². The molecule has 0 saturated heterocycles. The molecule has 8 heteroatoms. The van der Waals surface area contributed by atoms with E-state index in [1.165, 1.54) is 0 Å². The van der Waals surface area contributed by atoms with Crippen molar-refractivity contribution < 1.29 is 10.2 Å². The summed E-state index contributed by atoms with van der Waals surface area (Å²) >= 11 is 18.2. The summed E-state index contributed by atoms with van der Waals surface area (Å²) in [4.78, 5) is 4.33. The molecule has 144 valence electrons. The average Bonchev–Trinajstić information content (AvgIpc) is 2.57. The van der Waals surface area contributed by atoms with Crippen LogP contribution < -0.4 is 5.32 Å². The summed E-state index contributed by atoms with van der Waals surface area (Å²) in [6.07, 6.45) is 3.12. The number of hydrogen-bond acceptors (Lipinski definition) is 4. The number of nitrogens with zero attached hydrogens (tertiary/aromatic N) is 1.